The summed E-state index contributed by atoms with van der Waals surface area (Å²) in [6, 6.07) is 7.57. The van der Waals surface area contributed by atoms with Gasteiger partial charge in [-0.1, -0.05) is 18.2 Å². The molecule has 0 radical (unpaired) electrons. The van der Waals surface area contributed by atoms with Crippen molar-refractivity contribution in [2.24, 2.45) is 5.92 Å². The molecule has 2 rings (SSSR count). The van der Waals surface area contributed by atoms with Gasteiger partial charge >= 0.3 is 5.97 Å². The molecule has 5 nitrogen and oxygen atoms in total. The number of methoxy groups -OCH3 is 1. The van der Waals surface area contributed by atoms with E-state index in [0.717, 1.165) is 30.7 Å². The second-order valence-electron chi connectivity index (χ2n) is 5.18. The third-order valence-corrected chi connectivity index (χ3v) is 3.91. The highest BCUT2D eigenvalue weighted by atomic mass is 16.5. The van der Waals surface area contributed by atoms with Gasteiger partial charge < -0.3 is 19.9 Å². The van der Waals surface area contributed by atoms with Crippen molar-refractivity contribution in [2.75, 3.05) is 20.3 Å². The summed E-state index contributed by atoms with van der Waals surface area (Å²) in [6.07, 6.45) is 0.579. The van der Waals surface area contributed by atoms with Crippen LogP contribution >= 0.6 is 0 Å². The molecule has 1 heterocycles. The molecule has 1 aromatic carbocycles. The fraction of sp³-hybridized carbons (Fsp3) is 0.562. The Bertz CT molecular complexity index is 477. The van der Waals surface area contributed by atoms with Crippen molar-refractivity contribution in [3.63, 3.8) is 0 Å². The number of esters is 1. The Labute approximate surface area is 125 Å². The first-order valence-electron chi connectivity index (χ1n) is 7.40. The molecule has 1 aliphatic rings. The number of ether oxygens (including phenoxy) is 2. The Morgan fingerprint density at radius 1 is 1.48 bits per heavy atom. The molecule has 2 N–H and O–H groups in total. The third kappa shape index (κ3) is 3.54. The van der Waals surface area contributed by atoms with Crippen LogP contribution in [0, 0.1) is 5.92 Å². The molecule has 0 amide bonds. The Morgan fingerprint density at radius 2 is 2.24 bits per heavy atom. The largest absolute Gasteiger partial charge is 0.496 e. The number of carbonyl (C=O) groups excluding carboxylic acids is 1. The summed E-state index contributed by atoms with van der Waals surface area (Å²) in [6.45, 7) is 2.87. The molecule has 3 atom stereocenters. The standard InChI is InChI=1S/C16H23NO4/c1-3-21-16(19)15(18)12-8-6-10-17-14(12)11-7-4-5-9-13(11)20-2/h4-5,7,9,12,14-15,17-18H,3,6,8,10H2,1-2H3/t12-,14-,15+/m0/s1. The maximum atomic E-state index is 11.8. The number of aliphatic hydroxyl groups is 1. The van der Waals surface area contributed by atoms with Crippen molar-refractivity contribution in [2.45, 2.75) is 31.9 Å². The molecule has 1 saturated heterocycles. The van der Waals surface area contributed by atoms with Gasteiger partial charge in [0.05, 0.1) is 13.7 Å². The minimum atomic E-state index is -1.12. The van der Waals surface area contributed by atoms with Gasteiger partial charge in [0.15, 0.2) is 6.10 Å². The van der Waals surface area contributed by atoms with E-state index < -0.39 is 12.1 Å². The highest BCUT2D eigenvalue weighted by molar-refractivity contribution is 5.75. The summed E-state index contributed by atoms with van der Waals surface area (Å²) in [5.41, 5.74) is 0.966. The Balaban J connectivity index is 2.24. The average Bonchev–Trinajstić information content (AvgIpc) is 2.54. The first-order chi connectivity index (χ1) is 10.2. The van der Waals surface area contributed by atoms with Crippen LogP contribution in [0.1, 0.15) is 31.4 Å². The smallest absolute Gasteiger partial charge is 0.335 e. The van der Waals surface area contributed by atoms with Gasteiger partial charge in [-0.3, -0.25) is 0 Å². The molecule has 0 aliphatic carbocycles. The van der Waals surface area contributed by atoms with Crippen LogP contribution in [0.2, 0.25) is 0 Å². The van der Waals surface area contributed by atoms with E-state index in [-0.39, 0.29) is 18.6 Å². The summed E-state index contributed by atoms with van der Waals surface area (Å²) in [5, 5.41) is 13.7. The molecule has 1 fully saturated rings. The first kappa shape index (κ1) is 15.8. The number of hydrogen-bond acceptors (Lipinski definition) is 5. The molecule has 0 unspecified atom stereocenters. The second-order valence-corrected chi connectivity index (χ2v) is 5.18. The van der Waals surface area contributed by atoms with Crippen LogP contribution < -0.4 is 10.1 Å². The van der Waals surface area contributed by atoms with E-state index >= 15 is 0 Å². The molecule has 21 heavy (non-hydrogen) atoms. The average molecular weight is 293 g/mol. The predicted molar refractivity (Wildman–Crippen MR) is 79.1 cm³/mol. The van der Waals surface area contributed by atoms with Crippen LogP contribution in [-0.4, -0.2) is 37.4 Å². The molecule has 0 bridgehead atoms. The monoisotopic (exact) mass is 293 g/mol. The van der Waals surface area contributed by atoms with Crippen molar-refractivity contribution in [1.29, 1.82) is 0 Å². The van der Waals surface area contributed by atoms with E-state index in [1.165, 1.54) is 0 Å². The minimum Gasteiger partial charge on any atom is -0.496 e. The van der Waals surface area contributed by atoms with E-state index in [1.54, 1.807) is 14.0 Å². The first-order valence-corrected chi connectivity index (χ1v) is 7.40. The lowest BCUT2D eigenvalue weighted by Gasteiger charge is -2.35. The van der Waals surface area contributed by atoms with Gasteiger partial charge in [0, 0.05) is 17.5 Å². The van der Waals surface area contributed by atoms with Crippen LogP contribution in [0.4, 0.5) is 0 Å². The summed E-state index contributed by atoms with van der Waals surface area (Å²) in [4.78, 5) is 11.8. The SMILES string of the molecule is CCOC(=O)[C@H](O)[C@H]1CCCN[C@H]1c1ccccc1OC. The third-order valence-electron chi connectivity index (χ3n) is 3.91. The lowest BCUT2D eigenvalue weighted by atomic mass is 9.82. The van der Waals surface area contributed by atoms with E-state index in [1.807, 2.05) is 24.3 Å². The minimum absolute atomic E-state index is 0.116. The lowest BCUT2D eigenvalue weighted by Crippen LogP contribution is -2.43. The van der Waals surface area contributed by atoms with Gasteiger partial charge in [0.25, 0.3) is 0 Å². The highest BCUT2D eigenvalue weighted by Crippen LogP contribution is 2.36. The predicted octanol–water partition coefficient (Wildman–Crippen LogP) is 1.66. The van der Waals surface area contributed by atoms with Crippen LogP contribution in [0.5, 0.6) is 5.75 Å². The van der Waals surface area contributed by atoms with Crippen molar-refractivity contribution in [3.8, 4) is 5.75 Å². The fourth-order valence-corrected chi connectivity index (χ4v) is 2.92. The van der Waals surface area contributed by atoms with Crippen LogP contribution in [0.25, 0.3) is 0 Å². The molecule has 1 aromatic rings. The fourth-order valence-electron chi connectivity index (χ4n) is 2.92. The Hall–Kier alpha value is -1.59. The zero-order valence-electron chi connectivity index (χ0n) is 12.5. The topological polar surface area (TPSA) is 67.8 Å². The molecule has 0 saturated carbocycles. The Kier molecular flexibility index (Phi) is 5.59. The van der Waals surface area contributed by atoms with Crippen molar-refractivity contribution >= 4 is 5.97 Å². The number of hydrogen-bond donors (Lipinski definition) is 2. The van der Waals surface area contributed by atoms with Crippen molar-refractivity contribution in [1.82, 2.24) is 5.32 Å². The number of rotatable bonds is 5. The number of carbonyl (C=O) groups is 1. The molecule has 1 aliphatic heterocycles. The molecular weight excluding hydrogens is 270 g/mol. The normalized spacial score (nSPS) is 23.4. The molecule has 0 aromatic heterocycles. The van der Waals surface area contributed by atoms with Gasteiger partial charge in [-0.15, -0.1) is 0 Å². The maximum absolute atomic E-state index is 11.8. The van der Waals surface area contributed by atoms with Crippen molar-refractivity contribution < 1.29 is 19.4 Å². The van der Waals surface area contributed by atoms with Crippen molar-refractivity contribution in [3.05, 3.63) is 29.8 Å². The number of piperidine rings is 1. The zero-order chi connectivity index (χ0) is 15.2. The zero-order valence-corrected chi connectivity index (χ0v) is 12.5. The summed E-state index contributed by atoms with van der Waals surface area (Å²) in [7, 11) is 1.62. The van der Waals surface area contributed by atoms with Crippen LogP contribution in [-0.2, 0) is 9.53 Å². The van der Waals surface area contributed by atoms with E-state index in [0.29, 0.717) is 0 Å². The van der Waals surface area contributed by atoms with E-state index in [9.17, 15) is 9.90 Å². The summed E-state index contributed by atoms with van der Waals surface area (Å²) in [5.74, 6) is -0.00171. The van der Waals surface area contributed by atoms with Crippen LogP contribution in [0.3, 0.4) is 0 Å². The van der Waals surface area contributed by atoms with Gasteiger partial charge in [0.2, 0.25) is 0 Å². The molecular formula is C16H23NO4. The lowest BCUT2D eigenvalue weighted by molar-refractivity contribution is -0.157. The Morgan fingerprint density at radius 3 is 2.95 bits per heavy atom. The maximum Gasteiger partial charge on any atom is 0.335 e. The molecule has 116 valence electrons. The summed E-state index contributed by atoms with van der Waals surface area (Å²) >= 11 is 0. The molecule has 5 heteroatoms. The highest BCUT2D eigenvalue weighted by Gasteiger charge is 2.37. The number of para-hydroxylation sites is 1. The van der Waals surface area contributed by atoms with Gasteiger partial charge in [0.1, 0.15) is 5.75 Å². The second kappa shape index (κ2) is 7.43. The number of aliphatic hydroxyl groups excluding tert-OH is 1. The summed E-state index contributed by atoms with van der Waals surface area (Å²) < 4.78 is 10.3. The van der Waals surface area contributed by atoms with Gasteiger partial charge in [-0.2, -0.15) is 0 Å². The number of nitrogens with one attached hydrogen (secondary N) is 1. The van der Waals surface area contributed by atoms with E-state index in [2.05, 4.69) is 5.32 Å². The van der Waals surface area contributed by atoms with Crippen LogP contribution in [0.15, 0.2) is 24.3 Å². The quantitative estimate of drug-likeness (QED) is 0.808. The van der Waals surface area contributed by atoms with Gasteiger partial charge in [-0.05, 0) is 32.4 Å². The van der Waals surface area contributed by atoms with E-state index in [4.69, 9.17) is 9.47 Å². The molecule has 0 spiro atoms. The van der Waals surface area contributed by atoms with Gasteiger partial charge in [-0.25, -0.2) is 4.79 Å². The number of benzene rings is 1.